The van der Waals surface area contributed by atoms with Crippen LogP contribution >= 0.6 is 0 Å². The van der Waals surface area contributed by atoms with Crippen molar-refractivity contribution in [3.05, 3.63) is 54.2 Å². The topological polar surface area (TPSA) is 122 Å². The predicted molar refractivity (Wildman–Crippen MR) is 117 cm³/mol. The number of likely N-dealkylation sites (tertiary alicyclic amines) is 1. The highest BCUT2D eigenvalue weighted by atomic mass is 19.4. The van der Waals surface area contributed by atoms with Crippen molar-refractivity contribution in [2.45, 2.75) is 56.5 Å². The van der Waals surface area contributed by atoms with Gasteiger partial charge in [0.2, 0.25) is 0 Å². The lowest BCUT2D eigenvalue weighted by molar-refractivity contribution is -0.193. The van der Waals surface area contributed by atoms with Crippen LogP contribution in [0.1, 0.15) is 30.4 Å². The quantitative estimate of drug-likeness (QED) is 0.520. The first-order chi connectivity index (χ1) is 17.7. The standard InChI is InChI=1S/C19H24N2O3.2C2HF3O2/c1-6-20-7-2-16(1)14-23-18-11-19(24-15-18)4-8-21(9-5-19)12-17-3-10-22-13-17;2*3-2(4,5)1(6)7/h1-3,6-7,10,13,18H,4-5,8-9,11-12,14-15H2;2*(H,6,7). The van der Waals surface area contributed by atoms with Gasteiger partial charge in [0.15, 0.2) is 0 Å². The van der Waals surface area contributed by atoms with Crippen LogP contribution in [-0.2, 0) is 32.2 Å². The molecule has 0 amide bonds. The van der Waals surface area contributed by atoms with Gasteiger partial charge >= 0.3 is 24.3 Å². The number of hydrogen-bond donors (Lipinski definition) is 2. The van der Waals surface area contributed by atoms with E-state index in [4.69, 9.17) is 33.7 Å². The van der Waals surface area contributed by atoms with Crippen molar-refractivity contribution in [2.75, 3.05) is 19.7 Å². The molecule has 4 heterocycles. The third-order valence-electron chi connectivity index (χ3n) is 5.65. The third kappa shape index (κ3) is 10.7. The van der Waals surface area contributed by atoms with E-state index in [9.17, 15) is 26.3 Å². The second kappa shape index (κ2) is 13.6. The fourth-order valence-corrected chi connectivity index (χ4v) is 3.71. The van der Waals surface area contributed by atoms with Gasteiger partial charge in [-0.3, -0.25) is 9.88 Å². The molecule has 0 saturated carbocycles. The fraction of sp³-hybridized carbons (Fsp3) is 0.522. The lowest BCUT2D eigenvalue weighted by Gasteiger charge is -2.38. The summed E-state index contributed by atoms with van der Waals surface area (Å²) in [4.78, 5) is 24.3. The first-order valence-corrected chi connectivity index (χ1v) is 11.2. The SMILES string of the molecule is O=C(O)C(F)(F)F.O=C(O)C(F)(F)F.c1cc(COC2COC3(CCN(Cc4ccoc4)CC3)C2)ccn1. The third-order valence-corrected chi connectivity index (χ3v) is 5.65. The van der Waals surface area contributed by atoms with Crippen molar-refractivity contribution in [1.82, 2.24) is 9.88 Å². The number of carbonyl (C=O) groups is 2. The van der Waals surface area contributed by atoms with E-state index in [1.54, 1.807) is 18.7 Å². The summed E-state index contributed by atoms with van der Waals surface area (Å²) in [5.41, 5.74) is 2.44. The van der Waals surface area contributed by atoms with Crippen LogP contribution in [0.2, 0.25) is 0 Å². The molecule has 1 unspecified atom stereocenters. The Labute approximate surface area is 213 Å². The summed E-state index contributed by atoms with van der Waals surface area (Å²) >= 11 is 0. The number of carboxylic acid groups (broad SMARTS) is 2. The molecule has 0 aromatic carbocycles. The first-order valence-electron chi connectivity index (χ1n) is 11.2. The van der Waals surface area contributed by atoms with E-state index in [1.165, 1.54) is 11.1 Å². The van der Waals surface area contributed by atoms with Crippen LogP contribution in [0, 0.1) is 0 Å². The van der Waals surface area contributed by atoms with Gasteiger partial charge in [0.05, 0.1) is 37.4 Å². The number of alkyl halides is 6. The number of aliphatic carboxylic acids is 2. The zero-order chi connectivity index (χ0) is 28.4. The van der Waals surface area contributed by atoms with Crippen LogP contribution in [0.4, 0.5) is 26.3 Å². The highest BCUT2D eigenvalue weighted by Gasteiger charge is 2.43. The van der Waals surface area contributed by atoms with Gasteiger partial charge in [0.25, 0.3) is 0 Å². The summed E-state index contributed by atoms with van der Waals surface area (Å²) in [6.07, 6.45) is 0.406. The molecule has 2 aromatic rings. The van der Waals surface area contributed by atoms with Crippen molar-refractivity contribution in [3.63, 3.8) is 0 Å². The molecule has 15 heteroatoms. The summed E-state index contributed by atoms with van der Waals surface area (Å²) in [6, 6.07) is 6.04. The summed E-state index contributed by atoms with van der Waals surface area (Å²) in [7, 11) is 0. The van der Waals surface area contributed by atoms with Crippen LogP contribution < -0.4 is 0 Å². The molecule has 2 saturated heterocycles. The molecule has 2 fully saturated rings. The summed E-state index contributed by atoms with van der Waals surface area (Å²) in [6.45, 7) is 4.46. The predicted octanol–water partition coefficient (Wildman–Crippen LogP) is 4.28. The van der Waals surface area contributed by atoms with Gasteiger partial charge in [-0.1, -0.05) is 0 Å². The maximum atomic E-state index is 10.6. The molecule has 4 rings (SSSR count). The Hall–Kier alpha value is -3.17. The first kappa shape index (κ1) is 31.1. The van der Waals surface area contributed by atoms with Crippen molar-refractivity contribution >= 4 is 11.9 Å². The molecule has 1 atom stereocenters. The minimum Gasteiger partial charge on any atom is -0.475 e. The Morgan fingerprint density at radius 2 is 1.55 bits per heavy atom. The minimum absolute atomic E-state index is 0.0236. The Kier molecular flexibility index (Phi) is 11.1. The van der Waals surface area contributed by atoms with Crippen LogP contribution in [-0.4, -0.2) is 75.8 Å². The van der Waals surface area contributed by atoms with E-state index in [1.807, 2.05) is 24.5 Å². The number of nitrogens with zero attached hydrogens (tertiary/aromatic N) is 2. The van der Waals surface area contributed by atoms with E-state index in [2.05, 4.69) is 9.88 Å². The van der Waals surface area contributed by atoms with Crippen molar-refractivity contribution in [1.29, 1.82) is 0 Å². The van der Waals surface area contributed by atoms with Gasteiger partial charge in [-0.05, 0) is 36.6 Å². The van der Waals surface area contributed by atoms with Crippen LogP contribution in [0.5, 0.6) is 0 Å². The number of furan rings is 1. The highest BCUT2D eigenvalue weighted by Crippen LogP contribution is 2.37. The van der Waals surface area contributed by atoms with E-state index in [-0.39, 0.29) is 11.7 Å². The molecule has 0 radical (unpaired) electrons. The smallest absolute Gasteiger partial charge is 0.475 e. The van der Waals surface area contributed by atoms with Gasteiger partial charge in [-0.15, -0.1) is 0 Å². The van der Waals surface area contributed by atoms with E-state index in [0.717, 1.165) is 38.9 Å². The summed E-state index contributed by atoms with van der Waals surface area (Å²) < 4.78 is 80.9. The van der Waals surface area contributed by atoms with Crippen LogP contribution in [0.3, 0.4) is 0 Å². The van der Waals surface area contributed by atoms with Gasteiger partial charge in [-0.25, -0.2) is 9.59 Å². The second-order valence-electron chi connectivity index (χ2n) is 8.50. The number of halogens is 6. The molecule has 2 N–H and O–H groups in total. The lowest BCUT2D eigenvalue weighted by atomic mass is 9.88. The minimum atomic E-state index is -5.08. The number of pyridine rings is 1. The van der Waals surface area contributed by atoms with Crippen molar-refractivity contribution < 1.29 is 60.0 Å². The summed E-state index contributed by atoms with van der Waals surface area (Å²) in [5.74, 6) is -5.51. The molecular weight excluding hydrogens is 530 g/mol. The largest absolute Gasteiger partial charge is 0.490 e. The van der Waals surface area contributed by atoms with Crippen molar-refractivity contribution in [2.24, 2.45) is 0 Å². The average Bonchev–Trinajstić information content (AvgIpc) is 3.50. The molecule has 9 nitrogen and oxygen atoms in total. The Morgan fingerprint density at radius 1 is 1.00 bits per heavy atom. The number of rotatable bonds is 5. The average molecular weight is 556 g/mol. The van der Waals surface area contributed by atoms with Gasteiger partial charge in [-0.2, -0.15) is 26.3 Å². The molecule has 2 aliphatic rings. The maximum absolute atomic E-state index is 10.6. The number of aromatic nitrogens is 1. The van der Waals surface area contributed by atoms with Crippen molar-refractivity contribution in [3.8, 4) is 0 Å². The zero-order valence-electron chi connectivity index (χ0n) is 19.9. The van der Waals surface area contributed by atoms with Gasteiger partial charge in [0, 0.05) is 44.0 Å². The number of ether oxygens (including phenoxy) is 2. The van der Waals surface area contributed by atoms with Crippen LogP contribution in [0.25, 0.3) is 0 Å². The Morgan fingerprint density at radius 3 is 2.03 bits per heavy atom. The molecule has 2 aromatic heterocycles. The number of hydrogen-bond acceptors (Lipinski definition) is 7. The lowest BCUT2D eigenvalue weighted by Crippen LogP contribution is -2.43. The maximum Gasteiger partial charge on any atom is 0.490 e. The highest BCUT2D eigenvalue weighted by molar-refractivity contribution is 5.73. The fourth-order valence-electron chi connectivity index (χ4n) is 3.71. The number of piperidine rings is 1. The summed E-state index contributed by atoms with van der Waals surface area (Å²) in [5, 5.41) is 14.2. The molecule has 38 heavy (non-hydrogen) atoms. The molecule has 1 spiro atoms. The van der Waals surface area contributed by atoms with E-state index < -0.39 is 24.3 Å². The van der Waals surface area contributed by atoms with Gasteiger partial charge < -0.3 is 24.1 Å². The van der Waals surface area contributed by atoms with E-state index in [0.29, 0.717) is 13.2 Å². The molecular formula is C23H26F6N2O7. The Balaban J connectivity index is 0.000000301. The molecule has 0 bridgehead atoms. The number of carboxylic acids is 2. The van der Waals surface area contributed by atoms with Gasteiger partial charge in [0.1, 0.15) is 0 Å². The molecule has 0 aliphatic carbocycles. The van der Waals surface area contributed by atoms with E-state index >= 15 is 0 Å². The normalized spacial score (nSPS) is 19.2. The molecule has 2 aliphatic heterocycles. The Bertz CT molecular complexity index is 968. The monoisotopic (exact) mass is 556 g/mol. The zero-order valence-corrected chi connectivity index (χ0v) is 19.9. The second-order valence-corrected chi connectivity index (χ2v) is 8.50. The van der Waals surface area contributed by atoms with Crippen LogP contribution in [0.15, 0.2) is 47.5 Å². The molecule has 212 valence electrons.